The monoisotopic (exact) mass is 258 g/mol. The molecule has 0 bridgehead atoms. The summed E-state index contributed by atoms with van der Waals surface area (Å²) in [5, 5.41) is 13.6. The molecule has 0 heterocycles. The van der Waals surface area contributed by atoms with E-state index in [-0.39, 0.29) is 17.5 Å². The van der Waals surface area contributed by atoms with Crippen LogP contribution in [0.2, 0.25) is 0 Å². The molecule has 0 saturated carbocycles. The number of nitro benzene ring substituents is 1. The third-order valence-electron chi connectivity index (χ3n) is 2.44. The fourth-order valence-corrected chi connectivity index (χ4v) is 1.35. The lowest BCUT2D eigenvalue weighted by atomic mass is 10.2. The molecule has 1 aromatic carbocycles. The lowest BCUT2D eigenvalue weighted by Gasteiger charge is -2.13. The Labute approximate surface area is 104 Å². The summed E-state index contributed by atoms with van der Waals surface area (Å²) in [4.78, 5) is 10.0. The van der Waals surface area contributed by atoms with E-state index in [1.54, 1.807) is 6.92 Å². The van der Waals surface area contributed by atoms with Gasteiger partial charge in [-0.3, -0.25) is 10.1 Å². The van der Waals surface area contributed by atoms with Crippen molar-refractivity contribution < 1.29 is 18.8 Å². The van der Waals surface area contributed by atoms with Crippen LogP contribution in [0.25, 0.3) is 0 Å². The molecular weight excluding hydrogens is 243 g/mol. The summed E-state index contributed by atoms with van der Waals surface area (Å²) in [5.74, 6) is -0.724. The molecule has 0 aromatic heterocycles. The number of anilines is 1. The Hall–Kier alpha value is -1.89. The van der Waals surface area contributed by atoms with E-state index in [0.717, 1.165) is 6.07 Å². The highest BCUT2D eigenvalue weighted by atomic mass is 19.1. The first-order chi connectivity index (χ1) is 8.49. The molecule has 6 nitrogen and oxygen atoms in total. The minimum atomic E-state index is -0.938. The van der Waals surface area contributed by atoms with E-state index in [1.165, 1.54) is 20.3 Å². The van der Waals surface area contributed by atoms with Gasteiger partial charge in [0, 0.05) is 25.8 Å². The lowest BCUT2D eigenvalue weighted by Crippen LogP contribution is -2.18. The lowest BCUT2D eigenvalue weighted by molar-refractivity contribution is -0.386. The molecule has 0 radical (unpaired) electrons. The maximum atomic E-state index is 13.6. The topological polar surface area (TPSA) is 73.6 Å². The Balaban J connectivity index is 3.05. The molecular formula is C11H15FN2O4. The molecule has 0 aliphatic rings. The molecule has 7 heteroatoms. The van der Waals surface area contributed by atoms with Crippen molar-refractivity contribution in [2.24, 2.45) is 0 Å². The number of nitro groups is 1. The summed E-state index contributed by atoms with van der Waals surface area (Å²) in [5.41, 5.74) is -0.528. The first-order valence-electron chi connectivity index (χ1n) is 5.28. The van der Waals surface area contributed by atoms with Gasteiger partial charge in [-0.1, -0.05) is 0 Å². The minimum Gasteiger partial charge on any atom is -0.497 e. The molecule has 0 aliphatic carbocycles. The van der Waals surface area contributed by atoms with Crippen LogP contribution >= 0.6 is 0 Å². The quantitative estimate of drug-likeness (QED) is 0.625. The number of halogens is 1. The van der Waals surface area contributed by atoms with Crippen LogP contribution in [0, 0.1) is 15.9 Å². The second-order valence-electron chi connectivity index (χ2n) is 3.69. The van der Waals surface area contributed by atoms with Crippen molar-refractivity contribution in [2.75, 3.05) is 26.1 Å². The van der Waals surface area contributed by atoms with E-state index in [9.17, 15) is 14.5 Å². The van der Waals surface area contributed by atoms with Crippen molar-refractivity contribution in [3.63, 3.8) is 0 Å². The average Bonchev–Trinajstić information content (AvgIpc) is 2.34. The standard InChI is InChI=1S/C11H15FN2O4/c1-7(17-2)6-13-10-5-8(18-3)4-9(12)11(10)14(15)16/h4-5,7,13H,6H2,1-3H3. The zero-order valence-electron chi connectivity index (χ0n) is 10.4. The second kappa shape index (κ2) is 6.15. The Morgan fingerprint density at radius 1 is 1.50 bits per heavy atom. The Kier molecular flexibility index (Phi) is 4.85. The number of ether oxygens (including phenoxy) is 2. The summed E-state index contributed by atoms with van der Waals surface area (Å²) in [7, 11) is 2.88. The molecule has 18 heavy (non-hydrogen) atoms. The van der Waals surface area contributed by atoms with Gasteiger partial charge in [0.1, 0.15) is 11.4 Å². The van der Waals surface area contributed by atoms with Crippen LogP contribution in [0.3, 0.4) is 0 Å². The number of methoxy groups -OCH3 is 2. The zero-order valence-corrected chi connectivity index (χ0v) is 10.4. The van der Waals surface area contributed by atoms with E-state index in [0.29, 0.717) is 6.54 Å². The largest absolute Gasteiger partial charge is 0.497 e. The molecule has 1 aromatic rings. The SMILES string of the molecule is COc1cc(F)c([N+](=O)[O-])c(NCC(C)OC)c1. The molecule has 1 unspecified atom stereocenters. The van der Waals surface area contributed by atoms with Gasteiger partial charge >= 0.3 is 5.69 Å². The van der Waals surface area contributed by atoms with E-state index in [4.69, 9.17) is 9.47 Å². The Bertz CT molecular complexity index is 439. The van der Waals surface area contributed by atoms with Crippen molar-refractivity contribution in [3.8, 4) is 5.75 Å². The van der Waals surface area contributed by atoms with E-state index in [2.05, 4.69) is 5.32 Å². The number of hydrogen-bond acceptors (Lipinski definition) is 5. The van der Waals surface area contributed by atoms with Crippen LogP contribution in [0.1, 0.15) is 6.92 Å². The number of nitrogens with one attached hydrogen (secondary N) is 1. The van der Waals surface area contributed by atoms with Crippen molar-refractivity contribution in [1.82, 2.24) is 0 Å². The maximum Gasteiger partial charge on any atom is 0.327 e. The second-order valence-corrected chi connectivity index (χ2v) is 3.69. The van der Waals surface area contributed by atoms with Crippen LogP contribution < -0.4 is 10.1 Å². The molecule has 0 fully saturated rings. The molecule has 1 rings (SSSR count). The maximum absolute atomic E-state index is 13.6. The zero-order chi connectivity index (χ0) is 13.7. The Morgan fingerprint density at radius 3 is 2.67 bits per heavy atom. The number of rotatable bonds is 6. The van der Waals surface area contributed by atoms with Gasteiger partial charge in [0.05, 0.1) is 18.1 Å². The highest BCUT2D eigenvalue weighted by molar-refractivity contribution is 5.65. The van der Waals surface area contributed by atoms with Gasteiger partial charge in [0.2, 0.25) is 5.82 Å². The molecule has 0 aliphatic heterocycles. The van der Waals surface area contributed by atoms with Crippen LogP contribution in [0.4, 0.5) is 15.8 Å². The van der Waals surface area contributed by atoms with Crippen molar-refractivity contribution in [2.45, 2.75) is 13.0 Å². The van der Waals surface area contributed by atoms with Gasteiger partial charge in [0.15, 0.2) is 0 Å². The van der Waals surface area contributed by atoms with E-state index in [1.807, 2.05) is 0 Å². The van der Waals surface area contributed by atoms with Gasteiger partial charge in [-0.15, -0.1) is 0 Å². The molecule has 1 N–H and O–H groups in total. The fraction of sp³-hybridized carbons (Fsp3) is 0.455. The first kappa shape index (κ1) is 14.2. The van der Waals surface area contributed by atoms with Gasteiger partial charge in [0.25, 0.3) is 0 Å². The molecule has 1 atom stereocenters. The summed E-state index contributed by atoms with van der Waals surface area (Å²) in [6, 6.07) is 2.35. The van der Waals surface area contributed by atoms with Crippen molar-refractivity contribution >= 4 is 11.4 Å². The minimum absolute atomic E-state index is 0.0701. The average molecular weight is 258 g/mol. The molecule has 0 spiro atoms. The normalized spacial score (nSPS) is 12.0. The summed E-state index contributed by atoms with van der Waals surface area (Å²) >= 11 is 0. The van der Waals surface area contributed by atoms with Gasteiger partial charge < -0.3 is 14.8 Å². The van der Waals surface area contributed by atoms with Gasteiger partial charge in [-0.2, -0.15) is 4.39 Å². The summed E-state index contributed by atoms with van der Waals surface area (Å²) in [6.07, 6.45) is -0.154. The molecule has 100 valence electrons. The molecule has 0 saturated heterocycles. The van der Waals surface area contributed by atoms with Crippen molar-refractivity contribution in [1.29, 1.82) is 0 Å². The van der Waals surface area contributed by atoms with Gasteiger partial charge in [-0.25, -0.2) is 0 Å². The third-order valence-corrected chi connectivity index (χ3v) is 2.44. The van der Waals surface area contributed by atoms with Crippen LogP contribution in [0.15, 0.2) is 12.1 Å². The summed E-state index contributed by atoms with van der Waals surface area (Å²) < 4.78 is 23.4. The number of benzene rings is 1. The molecule has 0 amide bonds. The highest BCUT2D eigenvalue weighted by Gasteiger charge is 2.22. The van der Waals surface area contributed by atoms with Crippen LogP contribution in [-0.2, 0) is 4.74 Å². The Morgan fingerprint density at radius 2 is 2.17 bits per heavy atom. The predicted molar refractivity (Wildman–Crippen MR) is 64.6 cm³/mol. The van der Waals surface area contributed by atoms with Crippen LogP contribution in [-0.4, -0.2) is 31.8 Å². The number of nitrogens with zero attached hydrogens (tertiary/aromatic N) is 1. The number of hydrogen-bond donors (Lipinski definition) is 1. The smallest absolute Gasteiger partial charge is 0.327 e. The van der Waals surface area contributed by atoms with Crippen LogP contribution in [0.5, 0.6) is 5.75 Å². The first-order valence-corrected chi connectivity index (χ1v) is 5.28. The fourth-order valence-electron chi connectivity index (χ4n) is 1.35. The third kappa shape index (κ3) is 3.30. The van der Waals surface area contributed by atoms with Crippen molar-refractivity contribution in [3.05, 3.63) is 28.1 Å². The van der Waals surface area contributed by atoms with E-state index < -0.39 is 16.4 Å². The highest BCUT2D eigenvalue weighted by Crippen LogP contribution is 2.32. The van der Waals surface area contributed by atoms with E-state index >= 15 is 0 Å². The predicted octanol–water partition coefficient (Wildman–Crippen LogP) is 2.19. The van der Waals surface area contributed by atoms with Gasteiger partial charge in [-0.05, 0) is 6.92 Å². The summed E-state index contributed by atoms with van der Waals surface area (Å²) in [6.45, 7) is 2.11.